The van der Waals surface area contributed by atoms with Gasteiger partial charge in [-0.3, -0.25) is 5.32 Å². The molecule has 0 aliphatic rings. The number of alkyl halides is 3. The highest BCUT2D eigenvalue weighted by molar-refractivity contribution is 6.30. The summed E-state index contributed by atoms with van der Waals surface area (Å²) in [5.41, 5.74) is -0.877. The highest BCUT2D eigenvalue weighted by Crippen LogP contribution is 2.31. The van der Waals surface area contributed by atoms with Gasteiger partial charge in [-0.15, -0.1) is 0 Å². The van der Waals surface area contributed by atoms with Crippen molar-refractivity contribution in [3.05, 3.63) is 41.0 Å². The average molecular weight is 320 g/mol. The highest BCUT2D eigenvalue weighted by Gasteiger charge is 2.35. The third kappa shape index (κ3) is 3.46. The second-order valence-corrected chi connectivity index (χ2v) is 4.36. The van der Waals surface area contributed by atoms with E-state index in [4.69, 9.17) is 11.6 Å². The van der Waals surface area contributed by atoms with Gasteiger partial charge in [0.05, 0.1) is 12.8 Å². The molecule has 0 aliphatic heterocycles. The number of carbonyl (C=O) groups excluding carboxylic acids is 1. The molecule has 2 aromatic rings. The van der Waals surface area contributed by atoms with E-state index >= 15 is 0 Å². The molecule has 0 atom stereocenters. The van der Waals surface area contributed by atoms with Crippen LogP contribution in [0.25, 0.3) is 5.69 Å². The minimum Gasteiger partial charge on any atom is -0.453 e. The monoisotopic (exact) mass is 319 g/mol. The molecule has 0 fully saturated rings. The molecule has 2 rings (SSSR count). The van der Waals surface area contributed by atoms with Gasteiger partial charge in [0.25, 0.3) is 0 Å². The maximum absolute atomic E-state index is 12.7. The van der Waals surface area contributed by atoms with Crippen LogP contribution in [0.4, 0.5) is 23.8 Å². The number of amides is 1. The average Bonchev–Trinajstić information content (AvgIpc) is 2.82. The van der Waals surface area contributed by atoms with E-state index in [-0.39, 0.29) is 11.5 Å². The fourth-order valence-corrected chi connectivity index (χ4v) is 1.75. The molecule has 1 aromatic carbocycles. The van der Waals surface area contributed by atoms with Crippen LogP contribution in [0, 0.1) is 0 Å². The summed E-state index contributed by atoms with van der Waals surface area (Å²) in [4.78, 5) is 11.2. The van der Waals surface area contributed by atoms with Gasteiger partial charge in [0.2, 0.25) is 0 Å². The summed E-state index contributed by atoms with van der Waals surface area (Å²) >= 11 is 5.80. The number of nitrogens with one attached hydrogen (secondary N) is 1. The predicted molar refractivity (Wildman–Crippen MR) is 69.6 cm³/mol. The molecule has 5 nitrogen and oxygen atoms in total. The van der Waals surface area contributed by atoms with Crippen LogP contribution in [0.5, 0.6) is 0 Å². The van der Waals surface area contributed by atoms with E-state index in [0.717, 1.165) is 11.8 Å². The molecule has 0 spiro atoms. The molecule has 1 amide bonds. The summed E-state index contributed by atoms with van der Waals surface area (Å²) in [5.74, 6) is -0.184. The van der Waals surface area contributed by atoms with Crippen molar-refractivity contribution in [2.75, 3.05) is 12.4 Å². The third-order valence-corrected chi connectivity index (χ3v) is 2.70. The lowest BCUT2D eigenvalue weighted by atomic mass is 10.3. The topological polar surface area (TPSA) is 56.1 Å². The van der Waals surface area contributed by atoms with Crippen molar-refractivity contribution in [3.8, 4) is 5.69 Å². The third-order valence-electron chi connectivity index (χ3n) is 2.47. The van der Waals surface area contributed by atoms with E-state index in [1.165, 1.54) is 12.1 Å². The minimum absolute atomic E-state index is 0.184. The first kappa shape index (κ1) is 15.2. The van der Waals surface area contributed by atoms with Crippen molar-refractivity contribution in [2.45, 2.75) is 6.18 Å². The standard InChI is InChI=1S/C12H9ClF3N3O2/c1-21-11(20)17-10-6-9(12(14,15)16)18-19(10)8-4-2-3-7(13)5-8/h2-6H,1H3,(H,17,20). The Bertz CT molecular complexity index is 670. The molecule has 21 heavy (non-hydrogen) atoms. The van der Waals surface area contributed by atoms with Crippen LogP contribution in [0.3, 0.4) is 0 Å². The molecule has 1 aromatic heterocycles. The van der Waals surface area contributed by atoms with Gasteiger partial charge in [0.1, 0.15) is 5.82 Å². The second kappa shape index (κ2) is 5.65. The Morgan fingerprint density at radius 3 is 2.67 bits per heavy atom. The van der Waals surface area contributed by atoms with E-state index in [2.05, 4.69) is 15.2 Å². The zero-order valence-corrected chi connectivity index (χ0v) is 11.4. The number of rotatable bonds is 2. The second-order valence-electron chi connectivity index (χ2n) is 3.92. The SMILES string of the molecule is COC(=O)Nc1cc(C(F)(F)F)nn1-c1cccc(Cl)c1. The molecular formula is C12H9ClF3N3O2. The lowest BCUT2D eigenvalue weighted by Crippen LogP contribution is -2.14. The summed E-state index contributed by atoms with van der Waals surface area (Å²) < 4.78 is 43.5. The zero-order valence-electron chi connectivity index (χ0n) is 10.6. The molecule has 0 radical (unpaired) electrons. The highest BCUT2D eigenvalue weighted by atomic mass is 35.5. The number of hydrogen-bond donors (Lipinski definition) is 1. The molecule has 0 bridgehead atoms. The Morgan fingerprint density at radius 1 is 1.38 bits per heavy atom. The molecular weight excluding hydrogens is 311 g/mol. The lowest BCUT2D eigenvalue weighted by molar-refractivity contribution is -0.141. The Labute approximate surface area is 122 Å². The Balaban J connectivity index is 2.51. The maximum atomic E-state index is 12.7. The van der Waals surface area contributed by atoms with Gasteiger partial charge in [-0.25, -0.2) is 9.48 Å². The first-order valence-corrected chi connectivity index (χ1v) is 5.97. The maximum Gasteiger partial charge on any atom is 0.435 e. The van der Waals surface area contributed by atoms with Crippen LogP contribution in [0.15, 0.2) is 30.3 Å². The molecule has 0 aliphatic carbocycles. The van der Waals surface area contributed by atoms with E-state index in [1.807, 2.05) is 0 Å². The van der Waals surface area contributed by atoms with Crippen molar-refractivity contribution in [3.63, 3.8) is 0 Å². The van der Waals surface area contributed by atoms with Crippen molar-refractivity contribution in [1.29, 1.82) is 0 Å². The Morgan fingerprint density at radius 2 is 2.10 bits per heavy atom. The number of anilines is 1. The lowest BCUT2D eigenvalue weighted by Gasteiger charge is -2.08. The van der Waals surface area contributed by atoms with Crippen LogP contribution in [-0.4, -0.2) is 23.0 Å². The largest absolute Gasteiger partial charge is 0.453 e. The quantitative estimate of drug-likeness (QED) is 0.917. The Kier molecular flexibility index (Phi) is 4.08. The number of methoxy groups -OCH3 is 1. The first-order chi connectivity index (χ1) is 9.81. The van der Waals surface area contributed by atoms with Gasteiger partial charge < -0.3 is 4.74 Å². The van der Waals surface area contributed by atoms with Gasteiger partial charge in [-0.05, 0) is 18.2 Å². The number of ether oxygens (including phenoxy) is 1. The number of hydrogen-bond acceptors (Lipinski definition) is 3. The first-order valence-electron chi connectivity index (χ1n) is 5.59. The molecule has 0 saturated heterocycles. The molecule has 112 valence electrons. The number of carbonyl (C=O) groups is 1. The van der Waals surface area contributed by atoms with Crippen molar-refractivity contribution in [1.82, 2.24) is 9.78 Å². The van der Waals surface area contributed by atoms with Crippen LogP contribution >= 0.6 is 11.6 Å². The van der Waals surface area contributed by atoms with Gasteiger partial charge >= 0.3 is 12.3 Å². The fraction of sp³-hybridized carbons (Fsp3) is 0.167. The van der Waals surface area contributed by atoms with Crippen LogP contribution in [-0.2, 0) is 10.9 Å². The van der Waals surface area contributed by atoms with Gasteiger partial charge in [0.15, 0.2) is 5.69 Å². The molecule has 1 N–H and O–H groups in total. The van der Waals surface area contributed by atoms with Gasteiger partial charge in [0, 0.05) is 11.1 Å². The van der Waals surface area contributed by atoms with Gasteiger partial charge in [-0.1, -0.05) is 17.7 Å². The zero-order chi connectivity index (χ0) is 15.6. The molecule has 1 heterocycles. The summed E-state index contributed by atoms with van der Waals surface area (Å²) in [5, 5.41) is 5.93. The smallest absolute Gasteiger partial charge is 0.435 e. The van der Waals surface area contributed by atoms with Crippen LogP contribution < -0.4 is 5.32 Å². The fourth-order valence-electron chi connectivity index (χ4n) is 1.57. The van der Waals surface area contributed by atoms with E-state index in [1.54, 1.807) is 12.1 Å². The summed E-state index contributed by atoms with van der Waals surface area (Å²) in [7, 11) is 1.10. The summed E-state index contributed by atoms with van der Waals surface area (Å²) in [6.45, 7) is 0. The number of nitrogens with zero attached hydrogens (tertiary/aromatic N) is 2. The van der Waals surface area contributed by atoms with Crippen molar-refractivity contribution >= 4 is 23.5 Å². The van der Waals surface area contributed by atoms with Crippen LogP contribution in [0.2, 0.25) is 5.02 Å². The van der Waals surface area contributed by atoms with Crippen molar-refractivity contribution in [2.24, 2.45) is 0 Å². The molecule has 0 saturated carbocycles. The van der Waals surface area contributed by atoms with Crippen molar-refractivity contribution < 1.29 is 22.7 Å². The minimum atomic E-state index is -4.64. The predicted octanol–water partition coefficient (Wildman–Crippen LogP) is 3.72. The summed E-state index contributed by atoms with van der Waals surface area (Å²) in [6.07, 6.45) is -5.55. The number of benzene rings is 1. The van der Waals surface area contributed by atoms with Crippen LogP contribution in [0.1, 0.15) is 5.69 Å². The van der Waals surface area contributed by atoms with E-state index < -0.39 is 18.0 Å². The van der Waals surface area contributed by atoms with Gasteiger partial charge in [-0.2, -0.15) is 18.3 Å². The number of aromatic nitrogens is 2. The molecule has 0 unspecified atom stereocenters. The summed E-state index contributed by atoms with van der Waals surface area (Å²) in [6, 6.07) is 6.73. The number of halogens is 4. The Hall–Kier alpha value is -2.22. The normalized spacial score (nSPS) is 11.3. The van der Waals surface area contributed by atoms with E-state index in [0.29, 0.717) is 11.1 Å². The van der Waals surface area contributed by atoms with E-state index in [9.17, 15) is 18.0 Å². The molecule has 9 heteroatoms.